The summed E-state index contributed by atoms with van der Waals surface area (Å²) in [5.74, 6) is 0. The third kappa shape index (κ3) is 51.9. The maximum absolute atomic E-state index is 4.08. The average Bonchev–Trinajstić information content (AvgIpc) is 1.00. The fourth-order valence-electron chi connectivity index (χ4n) is 11.6. The van der Waals surface area contributed by atoms with Crippen molar-refractivity contribution in [2.45, 2.75) is 228 Å². The molecule has 0 spiro atoms. The Bertz CT molecular complexity index is 5040. The summed E-state index contributed by atoms with van der Waals surface area (Å²) >= 11 is 0. The van der Waals surface area contributed by atoms with E-state index in [0.717, 1.165) is 29.2 Å². The minimum atomic E-state index is 1.08. The Morgan fingerprint density at radius 3 is 0.607 bits per heavy atom. The number of pyridine rings is 5. The zero-order valence-corrected chi connectivity index (χ0v) is 88.2. The maximum Gasteiger partial charge on any atom is 0.0401 e. The predicted molar refractivity (Wildman–Crippen MR) is 595 cm³/mol. The Balaban J connectivity index is 0.000000373. The Hall–Kier alpha value is -13.6. The molecule has 5 heterocycles. The summed E-state index contributed by atoms with van der Waals surface area (Å²) in [6, 6.07) is 111. The first kappa shape index (κ1) is 116. The molecule has 0 amide bonds. The number of aromatic nitrogens is 5. The lowest BCUT2D eigenvalue weighted by atomic mass is 9.97. The van der Waals surface area contributed by atoms with E-state index in [1.165, 1.54) is 177 Å². The molecule has 1 aliphatic carbocycles. The smallest absolute Gasteiger partial charge is 0.0401 e. The number of rotatable bonds is 0. The van der Waals surface area contributed by atoms with Crippen LogP contribution in [0.25, 0.3) is 21.5 Å². The standard InChI is InChI=1S/C16H14.9C8H10.5C7H9N.C7H10/c1-11-7-8-15-9-13-5-3-4-6-14(13)10-16(15)12(11)2;3*1-7-3-5-8(2)6-4-7;6*1-7-5-3-4-6-8(7)2;1-6-3-4-8-5-7(6)2;3*1-6-3-4-7(2)8-5-6;1-6-4-3-5-8-7(6)2;1-6-4-3-5-7(6)2/h3-10H,1-2H3;9*3-6H,1-2H3;5*3-5H,1-2H3;4-5H,3H2,1-2H3. The average molecular weight is 1790 g/mol. The molecule has 18 rings (SSSR count). The van der Waals surface area contributed by atoms with Crippen molar-refractivity contribution in [2.75, 3.05) is 0 Å². The highest BCUT2D eigenvalue weighted by Crippen LogP contribution is 2.27. The van der Waals surface area contributed by atoms with E-state index < -0.39 is 0 Å². The molecule has 12 aromatic carbocycles. The van der Waals surface area contributed by atoms with E-state index in [1.807, 2.05) is 116 Å². The van der Waals surface area contributed by atoms with Crippen molar-refractivity contribution >= 4 is 21.5 Å². The monoisotopic (exact) mass is 1790 g/mol. The van der Waals surface area contributed by atoms with Gasteiger partial charge in [0.15, 0.2) is 0 Å². The highest BCUT2D eigenvalue weighted by molar-refractivity contribution is 6.00. The Labute approximate surface area is 818 Å². The lowest BCUT2D eigenvalue weighted by Gasteiger charge is -2.07. The Morgan fingerprint density at radius 2 is 0.415 bits per heavy atom. The number of hydrogen-bond donors (Lipinski definition) is 0. The van der Waals surface area contributed by atoms with Crippen molar-refractivity contribution in [3.05, 3.63) is 549 Å². The SMILES string of the molecule is CC1=CCC=C1C.Cc1ccc(C)cc1.Cc1ccc(C)cc1.Cc1ccc(C)cc1.Cc1ccc(C)nc1.Cc1ccc(C)nc1.Cc1ccc(C)nc1.Cc1ccc2cc3ccccc3cc2c1C.Cc1ccccc1C.Cc1ccccc1C.Cc1ccccc1C.Cc1ccccc1C.Cc1ccccc1C.Cc1ccccc1C.Cc1cccnc1C.Cc1ccncc1C. The van der Waals surface area contributed by atoms with Crippen LogP contribution in [0.3, 0.4) is 0 Å². The molecule has 17 aromatic rings. The van der Waals surface area contributed by atoms with Gasteiger partial charge in [0.2, 0.25) is 0 Å². The number of fused-ring (bicyclic) bond motifs is 2. The molecular formula is C130H159N5. The van der Waals surface area contributed by atoms with E-state index in [1.54, 1.807) is 0 Å². The fourth-order valence-corrected chi connectivity index (χ4v) is 11.6. The van der Waals surface area contributed by atoms with Gasteiger partial charge in [0.05, 0.1) is 0 Å². The van der Waals surface area contributed by atoms with Crippen molar-refractivity contribution in [1.82, 2.24) is 24.9 Å². The van der Waals surface area contributed by atoms with Crippen LogP contribution >= 0.6 is 0 Å². The second-order valence-electron chi connectivity index (χ2n) is 35.2. The molecule has 0 aliphatic heterocycles. The normalized spacial score (nSPS) is 9.99. The van der Waals surface area contributed by atoms with Gasteiger partial charge in [-0.2, -0.15) is 0 Å². The fraction of sp³-hybridized carbons (Fsp3) is 0.254. The first-order valence-corrected chi connectivity index (χ1v) is 47.1. The molecule has 1 aliphatic rings. The largest absolute Gasteiger partial charge is 0.264 e. The summed E-state index contributed by atoms with van der Waals surface area (Å²) < 4.78 is 0. The van der Waals surface area contributed by atoms with Gasteiger partial charge in [-0.15, -0.1) is 0 Å². The van der Waals surface area contributed by atoms with E-state index in [4.69, 9.17) is 0 Å². The first-order chi connectivity index (χ1) is 64.2. The van der Waals surface area contributed by atoms with Gasteiger partial charge in [0.1, 0.15) is 0 Å². The summed E-state index contributed by atoms with van der Waals surface area (Å²) in [5.41, 5.74) is 41.9. The zero-order valence-electron chi connectivity index (χ0n) is 88.2. The van der Waals surface area contributed by atoms with Gasteiger partial charge >= 0.3 is 0 Å². The van der Waals surface area contributed by atoms with Crippen molar-refractivity contribution in [3.8, 4) is 0 Å². The molecule has 0 N–H and O–H groups in total. The highest BCUT2D eigenvalue weighted by atomic mass is 14.7. The third-order valence-corrected chi connectivity index (χ3v) is 22.9. The summed E-state index contributed by atoms with van der Waals surface area (Å²) in [5, 5.41) is 5.35. The lowest BCUT2D eigenvalue weighted by Crippen LogP contribution is -1.84. The van der Waals surface area contributed by atoms with Crippen molar-refractivity contribution in [3.63, 3.8) is 0 Å². The molecule has 5 aromatic heterocycles. The molecule has 0 unspecified atom stereocenters. The van der Waals surface area contributed by atoms with E-state index in [0.29, 0.717) is 0 Å². The van der Waals surface area contributed by atoms with Crippen LogP contribution in [0.15, 0.2) is 382 Å². The number of aryl methyl sites for hydroxylation is 30. The molecule has 0 bridgehead atoms. The molecule has 704 valence electrons. The first-order valence-electron chi connectivity index (χ1n) is 47.1. The van der Waals surface area contributed by atoms with Crippen molar-refractivity contribution in [1.29, 1.82) is 0 Å². The van der Waals surface area contributed by atoms with Gasteiger partial charge < -0.3 is 0 Å². The number of hydrogen-bond acceptors (Lipinski definition) is 5. The van der Waals surface area contributed by atoms with Crippen LogP contribution in [0.4, 0.5) is 0 Å². The van der Waals surface area contributed by atoms with Gasteiger partial charge in [-0.1, -0.05) is 336 Å². The number of nitrogens with zero attached hydrogens (tertiary/aromatic N) is 5. The van der Waals surface area contributed by atoms with Crippen LogP contribution in [0.1, 0.15) is 188 Å². The molecule has 0 saturated heterocycles. The summed E-state index contributed by atoms with van der Waals surface area (Å²) in [6.07, 6.45) is 16.7. The molecule has 135 heavy (non-hydrogen) atoms. The van der Waals surface area contributed by atoms with Crippen LogP contribution < -0.4 is 0 Å². The van der Waals surface area contributed by atoms with Crippen LogP contribution in [-0.4, -0.2) is 24.9 Å². The quantitative estimate of drug-likeness (QED) is 0.142. The van der Waals surface area contributed by atoms with Gasteiger partial charge in [0, 0.05) is 60.0 Å². The minimum absolute atomic E-state index is 1.08. The molecule has 5 heteroatoms. The van der Waals surface area contributed by atoms with Gasteiger partial charge in [-0.3, -0.25) is 24.9 Å². The highest BCUT2D eigenvalue weighted by Gasteiger charge is 2.03. The summed E-state index contributed by atoms with van der Waals surface area (Å²) in [4.78, 5) is 20.3. The van der Waals surface area contributed by atoms with E-state index >= 15 is 0 Å². The van der Waals surface area contributed by atoms with Crippen LogP contribution in [0, 0.1) is 208 Å². The van der Waals surface area contributed by atoms with Gasteiger partial charge in [0.25, 0.3) is 0 Å². The lowest BCUT2D eigenvalue weighted by molar-refractivity contribution is 1.15. The minimum Gasteiger partial charge on any atom is -0.264 e. The number of benzene rings is 12. The van der Waals surface area contributed by atoms with Crippen LogP contribution in [0.5, 0.6) is 0 Å². The van der Waals surface area contributed by atoms with Gasteiger partial charge in [-0.25, -0.2) is 0 Å². The number of allylic oxidation sites excluding steroid dienone is 4. The summed E-state index contributed by atoms with van der Waals surface area (Å²) in [6.45, 7) is 67.0. The van der Waals surface area contributed by atoms with Crippen molar-refractivity contribution in [2.24, 2.45) is 0 Å². The van der Waals surface area contributed by atoms with Crippen molar-refractivity contribution < 1.29 is 0 Å². The molecular weight excluding hydrogens is 1630 g/mol. The molecule has 5 nitrogen and oxygen atoms in total. The van der Waals surface area contributed by atoms with E-state index in [9.17, 15) is 0 Å². The topological polar surface area (TPSA) is 64.5 Å². The molecule has 0 fully saturated rings. The van der Waals surface area contributed by atoms with Crippen LogP contribution in [0.2, 0.25) is 0 Å². The predicted octanol–water partition coefficient (Wildman–Crippen LogP) is 36.1. The second kappa shape index (κ2) is 65.9. The Kier molecular flexibility index (Phi) is 56.4. The van der Waals surface area contributed by atoms with E-state index in [-0.39, 0.29) is 0 Å². The van der Waals surface area contributed by atoms with E-state index in [2.05, 4.69) is 501 Å². The second-order valence-corrected chi connectivity index (χ2v) is 35.2. The Morgan fingerprint density at radius 1 is 0.170 bits per heavy atom. The zero-order chi connectivity index (χ0) is 100. The molecule has 0 radical (unpaired) electrons. The third-order valence-electron chi connectivity index (χ3n) is 22.9. The van der Waals surface area contributed by atoms with Gasteiger partial charge in [-0.05, 0) is 403 Å². The molecule has 0 atom stereocenters. The van der Waals surface area contributed by atoms with Crippen LogP contribution in [-0.2, 0) is 0 Å². The summed E-state index contributed by atoms with van der Waals surface area (Å²) in [7, 11) is 0. The maximum atomic E-state index is 4.08. The molecule has 0 saturated carbocycles.